The molecule has 3 unspecified atom stereocenters. The van der Waals surface area contributed by atoms with E-state index in [1.807, 2.05) is 0 Å². The van der Waals surface area contributed by atoms with Crippen LogP contribution >= 0.6 is 8.25 Å². The summed E-state index contributed by atoms with van der Waals surface area (Å²) in [4.78, 5) is 32.6. The van der Waals surface area contributed by atoms with Crippen LogP contribution in [0.2, 0.25) is 0 Å². The highest BCUT2D eigenvalue weighted by Gasteiger charge is 2.16. The van der Waals surface area contributed by atoms with Crippen LogP contribution in [0.5, 0.6) is 0 Å². The Morgan fingerprint density at radius 2 is 1.79 bits per heavy atom. The second-order valence-corrected chi connectivity index (χ2v) is 5.76. The fourth-order valence-electron chi connectivity index (χ4n) is 1.65. The molecule has 0 rings (SSSR count). The lowest BCUT2D eigenvalue weighted by Gasteiger charge is -2.18. The van der Waals surface area contributed by atoms with E-state index < -0.39 is 38.8 Å². The van der Waals surface area contributed by atoms with Crippen molar-refractivity contribution in [2.24, 2.45) is 5.73 Å². The summed E-state index contributed by atoms with van der Waals surface area (Å²) in [6.07, 6.45) is 0.0898. The average Bonchev–Trinajstić information content (AvgIpc) is 2.40. The van der Waals surface area contributed by atoms with Gasteiger partial charge in [-0.1, -0.05) is 6.42 Å². The van der Waals surface area contributed by atoms with Gasteiger partial charge in [-0.15, -0.1) is 0 Å². The van der Waals surface area contributed by atoms with Gasteiger partial charge in [-0.3, -0.25) is 14.1 Å². The molecular formula is C13H25N2O8P. The number of hydrogen-bond donors (Lipinski definition) is 2. The minimum absolute atomic E-state index is 0.0788. The Bertz CT molecular complexity index is 446. The summed E-state index contributed by atoms with van der Waals surface area (Å²) >= 11 is 0. The van der Waals surface area contributed by atoms with Gasteiger partial charge in [-0.05, 0) is 26.7 Å². The molecule has 0 aliphatic rings. The molecule has 3 atom stereocenters. The van der Waals surface area contributed by atoms with Crippen molar-refractivity contribution >= 4 is 26.2 Å². The number of carbonyl (C=O) groups is 3. The Hall–Kier alpha value is -1.64. The van der Waals surface area contributed by atoms with Gasteiger partial charge in [-0.2, -0.15) is 0 Å². The first-order chi connectivity index (χ1) is 11.2. The summed E-state index contributed by atoms with van der Waals surface area (Å²) in [5.41, 5.74) is 4.90. The minimum atomic E-state index is -3.06. The Morgan fingerprint density at radius 1 is 1.12 bits per heavy atom. The van der Waals surface area contributed by atoms with Crippen molar-refractivity contribution in [3.05, 3.63) is 0 Å². The number of rotatable bonds is 12. The van der Waals surface area contributed by atoms with Crippen LogP contribution in [0.25, 0.3) is 0 Å². The number of esters is 1. The first-order valence-corrected chi connectivity index (χ1v) is 8.70. The Balaban J connectivity index is 3.79. The number of nitrogens with one attached hydrogen (secondary N) is 1. The second-order valence-electron chi connectivity index (χ2n) is 4.82. The molecule has 0 aliphatic heterocycles. The van der Waals surface area contributed by atoms with Gasteiger partial charge in [0.1, 0.15) is 0 Å². The fourth-order valence-corrected chi connectivity index (χ4v) is 2.31. The summed E-state index contributed by atoms with van der Waals surface area (Å²) < 4.78 is 30.8. The third kappa shape index (κ3) is 14.0. The maximum Gasteiger partial charge on any atom is 0.372 e. The highest BCUT2D eigenvalue weighted by molar-refractivity contribution is 7.34. The molecule has 0 fully saturated rings. The third-order valence-electron chi connectivity index (χ3n) is 2.53. The lowest BCUT2D eigenvalue weighted by molar-refractivity contribution is -0.206. The van der Waals surface area contributed by atoms with E-state index in [-0.39, 0.29) is 6.42 Å². The summed E-state index contributed by atoms with van der Waals surface area (Å²) in [6, 6.07) is -0.593. The van der Waals surface area contributed by atoms with Gasteiger partial charge in [0.2, 0.25) is 6.29 Å². The molecule has 0 saturated heterocycles. The largest absolute Gasteiger partial charge is 0.436 e. The molecule has 0 heterocycles. The molecule has 0 radical (unpaired) electrons. The van der Waals surface area contributed by atoms with E-state index >= 15 is 0 Å². The van der Waals surface area contributed by atoms with Crippen molar-refractivity contribution < 1.29 is 37.5 Å². The molecule has 0 aromatic heterocycles. The van der Waals surface area contributed by atoms with Crippen LogP contribution in [0.4, 0.5) is 4.79 Å². The van der Waals surface area contributed by atoms with E-state index in [1.54, 1.807) is 0 Å². The number of ether oxygens (including phenoxy) is 2. The van der Waals surface area contributed by atoms with Crippen molar-refractivity contribution in [3.8, 4) is 0 Å². The number of amides is 2. The number of unbranched alkanes of at least 4 members (excludes halogenated alkanes) is 2. The molecular weight excluding hydrogens is 343 g/mol. The molecule has 0 spiro atoms. The number of nitrogens with two attached hydrogens (primary N) is 1. The monoisotopic (exact) mass is 368 g/mol. The third-order valence-corrected chi connectivity index (χ3v) is 3.45. The highest BCUT2D eigenvalue weighted by atomic mass is 31.1. The van der Waals surface area contributed by atoms with Crippen molar-refractivity contribution in [1.29, 1.82) is 0 Å². The predicted molar refractivity (Wildman–Crippen MR) is 84.0 cm³/mol. The summed E-state index contributed by atoms with van der Waals surface area (Å²) in [5.74, 6) is -1.18. The maximum absolute atomic E-state index is 11.5. The second kappa shape index (κ2) is 12.7. The number of urea groups is 1. The number of hydrogen-bond acceptors (Lipinski definition) is 8. The van der Waals surface area contributed by atoms with Gasteiger partial charge in [0.15, 0.2) is 6.29 Å². The van der Waals surface area contributed by atoms with E-state index in [1.165, 1.54) is 20.8 Å². The van der Waals surface area contributed by atoms with Crippen molar-refractivity contribution in [2.75, 3.05) is 6.54 Å². The lowest BCUT2D eigenvalue weighted by atomic mass is 10.2. The Labute approximate surface area is 141 Å². The van der Waals surface area contributed by atoms with Crippen LogP contribution in [0.1, 0.15) is 46.5 Å². The molecule has 11 heteroatoms. The van der Waals surface area contributed by atoms with Gasteiger partial charge in [0, 0.05) is 19.9 Å². The van der Waals surface area contributed by atoms with Crippen LogP contribution in [0.15, 0.2) is 0 Å². The average molecular weight is 368 g/mol. The van der Waals surface area contributed by atoms with E-state index in [4.69, 9.17) is 19.7 Å². The molecule has 0 bridgehead atoms. The summed E-state index contributed by atoms with van der Waals surface area (Å²) in [5, 5.41) is 2.43. The summed E-state index contributed by atoms with van der Waals surface area (Å²) in [6.45, 7) is 4.55. The molecule has 2 amide bonds. The van der Waals surface area contributed by atoms with Crippen molar-refractivity contribution in [2.45, 2.75) is 59.0 Å². The predicted octanol–water partition coefficient (Wildman–Crippen LogP) is 1.44. The van der Waals surface area contributed by atoms with Crippen molar-refractivity contribution in [3.63, 3.8) is 0 Å². The zero-order chi connectivity index (χ0) is 18.5. The van der Waals surface area contributed by atoms with Crippen LogP contribution in [0.3, 0.4) is 0 Å². The van der Waals surface area contributed by atoms with Crippen molar-refractivity contribution in [1.82, 2.24) is 5.32 Å². The topological polar surface area (TPSA) is 143 Å². The number of carbonyl (C=O) groups excluding carboxylic acids is 3. The van der Waals surface area contributed by atoms with Gasteiger partial charge < -0.3 is 25.0 Å². The lowest BCUT2D eigenvalue weighted by Crippen LogP contribution is -2.29. The molecule has 140 valence electrons. The Kier molecular flexibility index (Phi) is 11.9. The zero-order valence-corrected chi connectivity index (χ0v) is 15.0. The van der Waals surface area contributed by atoms with Gasteiger partial charge in [0.25, 0.3) is 0 Å². The molecule has 0 aromatic carbocycles. The van der Waals surface area contributed by atoms with Crippen LogP contribution in [-0.4, -0.2) is 37.1 Å². The quantitative estimate of drug-likeness (QED) is 0.228. The van der Waals surface area contributed by atoms with E-state index in [0.29, 0.717) is 25.8 Å². The molecule has 0 aromatic rings. The van der Waals surface area contributed by atoms with E-state index in [2.05, 4.69) is 9.84 Å². The first-order valence-electron chi connectivity index (χ1n) is 7.48. The van der Waals surface area contributed by atoms with Gasteiger partial charge >= 0.3 is 26.2 Å². The fraction of sp³-hybridized carbons (Fsp3) is 0.769. The zero-order valence-electron chi connectivity index (χ0n) is 14.0. The minimum Gasteiger partial charge on any atom is -0.436 e. The molecule has 0 aliphatic carbocycles. The normalized spacial score (nSPS) is 14.3. The number of primary amides is 1. The molecule has 10 nitrogen and oxygen atoms in total. The first kappa shape index (κ1) is 22.4. The van der Waals surface area contributed by atoms with Crippen LogP contribution in [0, 0.1) is 0 Å². The highest BCUT2D eigenvalue weighted by Crippen LogP contribution is 2.28. The van der Waals surface area contributed by atoms with Gasteiger partial charge in [0.05, 0.1) is 0 Å². The standard InChI is InChI=1S/C13H25N2O8P/c1-9(16)20-10(2)21-11(3)22-24(19)23-12(17)7-5-4-6-8-15-13(14)18/h10-11,24H,4-8H2,1-3H3,(H3,14,15,18). The van der Waals surface area contributed by atoms with Crippen LogP contribution < -0.4 is 11.1 Å². The molecule has 24 heavy (non-hydrogen) atoms. The van der Waals surface area contributed by atoms with Crippen LogP contribution in [-0.2, 0) is 32.7 Å². The van der Waals surface area contributed by atoms with E-state index in [9.17, 15) is 18.9 Å². The molecule has 0 saturated carbocycles. The molecule has 3 N–H and O–H groups in total. The SMILES string of the molecule is CC(=O)OC(C)OC(C)O[PH](=O)OC(=O)CCCCCNC(N)=O. The van der Waals surface area contributed by atoms with Gasteiger partial charge in [-0.25, -0.2) is 9.36 Å². The smallest absolute Gasteiger partial charge is 0.372 e. The maximum atomic E-state index is 11.5. The Morgan fingerprint density at radius 3 is 2.38 bits per heavy atom. The summed E-state index contributed by atoms with van der Waals surface area (Å²) in [7, 11) is -3.06. The van der Waals surface area contributed by atoms with E-state index in [0.717, 1.165) is 0 Å².